The maximum Gasteiger partial charge on any atom is 0.107 e. The summed E-state index contributed by atoms with van der Waals surface area (Å²) in [4.78, 5) is 3.47. The summed E-state index contributed by atoms with van der Waals surface area (Å²) in [6.07, 6.45) is 4.18. The quantitative estimate of drug-likeness (QED) is 0.904. The second-order valence-corrected chi connectivity index (χ2v) is 6.84. The number of hydrogen-bond acceptors (Lipinski definition) is 3. The van der Waals surface area contributed by atoms with Crippen LogP contribution in [0, 0.1) is 11.3 Å². The normalized spacial score (nSPS) is 26.5. The van der Waals surface area contributed by atoms with E-state index in [0.29, 0.717) is 5.25 Å². The first kappa shape index (κ1) is 13.5. The number of nitrogens with one attached hydrogen (secondary N) is 2. The zero-order chi connectivity index (χ0) is 14.0. The monoisotopic (exact) mass is 285 g/mol. The van der Waals surface area contributed by atoms with E-state index in [1.807, 2.05) is 18.8 Å². The summed E-state index contributed by atoms with van der Waals surface area (Å²) < 4.78 is 0. The van der Waals surface area contributed by atoms with E-state index < -0.39 is 0 Å². The Morgan fingerprint density at radius 2 is 2.30 bits per heavy atom. The molecule has 0 bridgehead atoms. The minimum atomic E-state index is -0.331. The van der Waals surface area contributed by atoms with Crippen molar-refractivity contribution >= 4 is 22.7 Å². The van der Waals surface area contributed by atoms with Crippen LogP contribution < -0.4 is 5.32 Å². The standard InChI is InChI=1S/C16H19N3S/c1-18-16(11-17)8-4-6-13(10-16)20-15-9-12-5-2-3-7-14(12)19-15/h2-3,5,7,9,13,18-19H,4,6,8,10H2,1H3. The zero-order valence-electron chi connectivity index (χ0n) is 11.6. The van der Waals surface area contributed by atoms with E-state index in [0.717, 1.165) is 19.3 Å². The Labute approximate surface area is 123 Å². The Balaban J connectivity index is 1.75. The molecule has 0 radical (unpaired) electrons. The first-order valence-electron chi connectivity index (χ1n) is 7.09. The van der Waals surface area contributed by atoms with Gasteiger partial charge in [0.05, 0.1) is 11.1 Å². The van der Waals surface area contributed by atoms with Gasteiger partial charge in [0.25, 0.3) is 0 Å². The molecule has 0 saturated heterocycles. The molecule has 3 nitrogen and oxygen atoms in total. The molecule has 0 spiro atoms. The fourth-order valence-corrected chi connectivity index (χ4v) is 4.37. The highest BCUT2D eigenvalue weighted by atomic mass is 32.2. The van der Waals surface area contributed by atoms with Gasteiger partial charge in [0.2, 0.25) is 0 Å². The number of nitrogens with zero attached hydrogens (tertiary/aromatic N) is 1. The Bertz CT molecular complexity index is 609. The lowest BCUT2D eigenvalue weighted by Crippen LogP contribution is -2.46. The van der Waals surface area contributed by atoms with Crippen LogP contribution in [0.5, 0.6) is 0 Å². The van der Waals surface area contributed by atoms with Crippen molar-refractivity contribution in [2.75, 3.05) is 7.05 Å². The lowest BCUT2D eigenvalue weighted by Gasteiger charge is -2.34. The van der Waals surface area contributed by atoms with Crippen LogP contribution in [0.2, 0.25) is 0 Å². The van der Waals surface area contributed by atoms with Crippen LogP contribution in [0.4, 0.5) is 0 Å². The highest BCUT2D eigenvalue weighted by Gasteiger charge is 2.35. The molecule has 4 heteroatoms. The summed E-state index contributed by atoms with van der Waals surface area (Å²) in [5, 5.41) is 15.6. The molecule has 2 atom stereocenters. The van der Waals surface area contributed by atoms with Gasteiger partial charge in [0.1, 0.15) is 5.54 Å². The summed E-state index contributed by atoms with van der Waals surface area (Å²) >= 11 is 1.88. The molecular weight excluding hydrogens is 266 g/mol. The van der Waals surface area contributed by atoms with E-state index >= 15 is 0 Å². The van der Waals surface area contributed by atoms with E-state index in [2.05, 4.69) is 46.7 Å². The number of thioether (sulfide) groups is 1. The molecular formula is C16H19N3S. The molecule has 104 valence electrons. The lowest BCUT2D eigenvalue weighted by molar-refractivity contribution is 0.323. The van der Waals surface area contributed by atoms with Gasteiger partial charge in [-0.2, -0.15) is 5.26 Å². The molecule has 1 aromatic carbocycles. The van der Waals surface area contributed by atoms with Crippen molar-refractivity contribution in [1.29, 1.82) is 5.26 Å². The average Bonchev–Trinajstić information content (AvgIpc) is 2.89. The summed E-state index contributed by atoms with van der Waals surface area (Å²) in [6, 6.07) is 13.0. The molecule has 1 saturated carbocycles. The van der Waals surface area contributed by atoms with E-state index in [1.54, 1.807) is 0 Å². The number of aromatic amines is 1. The van der Waals surface area contributed by atoms with Gasteiger partial charge in [-0.15, -0.1) is 11.8 Å². The number of fused-ring (bicyclic) bond motifs is 1. The van der Waals surface area contributed by atoms with Gasteiger partial charge in [0, 0.05) is 16.2 Å². The maximum absolute atomic E-state index is 9.41. The summed E-state index contributed by atoms with van der Waals surface area (Å²) in [5.41, 5.74) is 0.855. The number of rotatable bonds is 3. The molecule has 1 aliphatic carbocycles. The molecule has 3 rings (SSSR count). The van der Waals surface area contributed by atoms with Gasteiger partial charge >= 0.3 is 0 Å². The molecule has 2 N–H and O–H groups in total. The van der Waals surface area contributed by atoms with Gasteiger partial charge in [-0.1, -0.05) is 18.2 Å². The van der Waals surface area contributed by atoms with Crippen molar-refractivity contribution in [2.24, 2.45) is 0 Å². The van der Waals surface area contributed by atoms with E-state index in [1.165, 1.54) is 22.3 Å². The van der Waals surface area contributed by atoms with Crippen molar-refractivity contribution in [1.82, 2.24) is 10.3 Å². The van der Waals surface area contributed by atoms with Crippen molar-refractivity contribution in [3.05, 3.63) is 30.3 Å². The minimum absolute atomic E-state index is 0.331. The van der Waals surface area contributed by atoms with Gasteiger partial charge in [-0.25, -0.2) is 0 Å². The molecule has 2 unspecified atom stereocenters. The highest BCUT2D eigenvalue weighted by molar-refractivity contribution is 7.99. The third-order valence-electron chi connectivity index (χ3n) is 4.20. The smallest absolute Gasteiger partial charge is 0.107 e. The summed E-state index contributed by atoms with van der Waals surface area (Å²) in [6.45, 7) is 0. The van der Waals surface area contributed by atoms with E-state index in [4.69, 9.17) is 0 Å². The van der Waals surface area contributed by atoms with Crippen LogP contribution in [-0.4, -0.2) is 22.8 Å². The Kier molecular flexibility index (Phi) is 3.73. The third-order valence-corrected chi connectivity index (χ3v) is 5.41. The molecule has 1 aliphatic rings. The minimum Gasteiger partial charge on any atom is -0.350 e. The van der Waals surface area contributed by atoms with Crippen LogP contribution >= 0.6 is 11.8 Å². The van der Waals surface area contributed by atoms with Gasteiger partial charge < -0.3 is 10.3 Å². The number of benzene rings is 1. The summed E-state index contributed by atoms with van der Waals surface area (Å²) in [5.74, 6) is 0. The maximum atomic E-state index is 9.41. The second kappa shape index (κ2) is 5.51. The van der Waals surface area contributed by atoms with Crippen LogP contribution in [-0.2, 0) is 0 Å². The topological polar surface area (TPSA) is 51.6 Å². The Hall–Kier alpha value is -1.44. The van der Waals surface area contributed by atoms with Crippen LogP contribution in [0.25, 0.3) is 10.9 Å². The molecule has 1 fully saturated rings. The average molecular weight is 285 g/mol. The fraction of sp³-hybridized carbons (Fsp3) is 0.438. The summed E-state index contributed by atoms with van der Waals surface area (Å²) in [7, 11) is 1.90. The lowest BCUT2D eigenvalue weighted by atomic mass is 9.83. The molecule has 0 amide bonds. The van der Waals surface area contributed by atoms with Crippen molar-refractivity contribution in [2.45, 2.75) is 41.5 Å². The molecule has 1 aromatic heterocycles. The molecule has 1 heterocycles. The molecule has 2 aromatic rings. The first-order chi connectivity index (χ1) is 9.74. The molecule has 20 heavy (non-hydrogen) atoms. The Morgan fingerprint density at radius 3 is 3.05 bits per heavy atom. The van der Waals surface area contributed by atoms with Gasteiger partial charge in [0.15, 0.2) is 0 Å². The predicted octanol–water partition coefficient (Wildman–Crippen LogP) is 3.68. The highest BCUT2D eigenvalue weighted by Crippen LogP contribution is 2.38. The van der Waals surface area contributed by atoms with Crippen molar-refractivity contribution in [3.63, 3.8) is 0 Å². The van der Waals surface area contributed by atoms with Crippen molar-refractivity contribution in [3.8, 4) is 6.07 Å². The number of hydrogen-bond donors (Lipinski definition) is 2. The van der Waals surface area contributed by atoms with Crippen LogP contribution in [0.3, 0.4) is 0 Å². The van der Waals surface area contributed by atoms with Crippen molar-refractivity contribution < 1.29 is 0 Å². The number of aromatic nitrogens is 1. The number of nitriles is 1. The number of para-hydroxylation sites is 1. The van der Waals surface area contributed by atoms with Crippen LogP contribution in [0.15, 0.2) is 35.4 Å². The predicted molar refractivity (Wildman–Crippen MR) is 83.8 cm³/mol. The number of H-pyrrole nitrogens is 1. The second-order valence-electron chi connectivity index (χ2n) is 5.50. The third kappa shape index (κ3) is 2.56. The fourth-order valence-electron chi connectivity index (χ4n) is 3.00. The van der Waals surface area contributed by atoms with E-state index in [-0.39, 0.29) is 5.54 Å². The van der Waals surface area contributed by atoms with E-state index in [9.17, 15) is 5.26 Å². The van der Waals surface area contributed by atoms with Gasteiger partial charge in [-0.3, -0.25) is 0 Å². The largest absolute Gasteiger partial charge is 0.350 e. The van der Waals surface area contributed by atoms with Crippen LogP contribution in [0.1, 0.15) is 25.7 Å². The first-order valence-corrected chi connectivity index (χ1v) is 7.97. The molecule has 0 aliphatic heterocycles. The Morgan fingerprint density at radius 1 is 1.45 bits per heavy atom. The SMILES string of the molecule is CNC1(C#N)CCCC(Sc2cc3ccccc3[nH]2)C1. The van der Waals surface area contributed by atoms with Gasteiger partial charge in [-0.05, 0) is 44.9 Å². The zero-order valence-corrected chi connectivity index (χ0v) is 12.5.